The van der Waals surface area contributed by atoms with Gasteiger partial charge < -0.3 is 15.2 Å². The average molecular weight is 286 g/mol. The van der Waals surface area contributed by atoms with E-state index in [0.29, 0.717) is 12.1 Å². The lowest BCUT2D eigenvalue weighted by Crippen LogP contribution is -2.24. The maximum Gasteiger partial charge on any atom is 0.339 e. The first-order valence-electron chi connectivity index (χ1n) is 6.67. The number of ether oxygens (including phenoxy) is 1. The number of pyridine rings is 1. The van der Waals surface area contributed by atoms with Crippen LogP contribution in [0.25, 0.3) is 0 Å². The number of hydrogen-bond donors (Lipinski definition) is 2. The summed E-state index contributed by atoms with van der Waals surface area (Å²) in [4.78, 5) is 15.5. The van der Waals surface area contributed by atoms with Crippen LogP contribution in [-0.4, -0.2) is 29.8 Å². The maximum atomic E-state index is 11.3. The standard InChI is InChI=1S/C16H18N2O3/c1-21-16(20)13-7-8-14(17-9-13)10-18-15(11-19)12-5-3-2-4-6-12/h2-9,15,18-19H,10-11H2,1H3. The second kappa shape index (κ2) is 7.52. The summed E-state index contributed by atoms with van der Waals surface area (Å²) >= 11 is 0. The highest BCUT2D eigenvalue weighted by molar-refractivity contribution is 5.88. The fraction of sp³-hybridized carbons (Fsp3) is 0.250. The SMILES string of the molecule is COC(=O)c1ccc(CNC(CO)c2ccccc2)nc1. The predicted octanol–water partition coefficient (Wildman–Crippen LogP) is 1.69. The van der Waals surface area contributed by atoms with Crippen LogP contribution in [0.3, 0.4) is 0 Å². The molecule has 1 atom stereocenters. The van der Waals surface area contributed by atoms with Crippen molar-refractivity contribution in [3.8, 4) is 0 Å². The Morgan fingerprint density at radius 2 is 2.05 bits per heavy atom. The van der Waals surface area contributed by atoms with Gasteiger partial charge in [-0.05, 0) is 17.7 Å². The third-order valence-electron chi connectivity index (χ3n) is 3.16. The molecule has 110 valence electrons. The van der Waals surface area contributed by atoms with Crippen LogP contribution in [0.15, 0.2) is 48.7 Å². The van der Waals surface area contributed by atoms with E-state index in [2.05, 4.69) is 15.0 Å². The van der Waals surface area contributed by atoms with Gasteiger partial charge in [0.2, 0.25) is 0 Å². The molecular weight excluding hydrogens is 268 g/mol. The molecule has 0 saturated carbocycles. The van der Waals surface area contributed by atoms with E-state index in [4.69, 9.17) is 0 Å². The minimum absolute atomic E-state index is 0.00422. The van der Waals surface area contributed by atoms with Crippen LogP contribution < -0.4 is 5.32 Å². The van der Waals surface area contributed by atoms with E-state index < -0.39 is 5.97 Å². The molecule has 1 unspecified atom stereocenters. The Bertz CT molecular complexity index is 570. The van der Waals surface area contributed by atoms with Gasteiger partial charge in [-0.25, -0.2) is 4.79 Å². The van der Waals surface area contributed by atoms with Gasteiger partial charge in [-0.15, -0.1) is 0 Å². The van der Waals surface area contributed by atoms with Gasteiger partial charge in [0, 0.05) is 12.7 Å². The number of carbonyl (C=O) groups is 1. The lowest BCUT2D eigenvalue weighted by Gasteiger charge is -2.16. The van der Waals surface area contributed by atoms with Crippen LogP contribution >= 0.6 is 0 Å². The molecule has 0 saturated heterocycles. The number of hydrogen-bond acceptors (Lipinski definition) is 5. The zero-order valence-corrected chi connectivity index (χ0v) is 11.8. The molecule has 1 aromatic carbocycles. The number of esters is 1. The molecule has 0 aliphatic carbocycles. The maximum absolute atomic E-state index is 11.3. The van der Waals surface area contributed by atoms with E-state index >= 15 is 0 Å². The largest absolute Gasteiger partial charge is 0.465 e. The van der Waals surface area contributed by atoms with E-state index in [1.807, 2.05) is 30.3 Å². The van der Waals surface area contributed by atoms with Gasteiger partial charge in [0.05, 0.1) is 31.0 Å². The van der Waals surface area contributed by atoms with E-state index in [0.717, 1.165) is 11.3 Å². The lowest BCUT2D eigenvalue weighted by molar-refractivity contribution is 0.0600. The number of nitrogens with zero attached hydrogens (tertiary/aromatic N) is 1. The summed E-state index contributed by atoms with van der Waals surface area (Å²) in [5.74, 6) is -0.403. The van der Waals surface area contributed by atoms with Crippen LogP contribution in [0.4, 0.5) is 0 Å². The van der Waals surface area contributed by atoms with E-state index in [1.54, 1.807) is 12.1 Å². The zero-order valence-electron chi connectivity index (χ0n) is 11.8. The van der Waals surface area contributed by atoms with E-state index in [1.165, 1.54) is 13.3 Å². The van der Waals surface area contributed by atoms with E-state index in [9.17, 15) is 9.90 Å². The summed E-state index contributed by atoms with van der Waals surface area (Å²) in [6.07, 6.45) is 1.49. The van der Waals surface area contributed by atoms with Gasteiger partial charge in [-0.1, -0.05) is 30.3 Å². The van der Waals surface area contributed by atoms with Gasteiger partial charge in [-0.2, -0.15) is 0 Å². The van der Waals surface area contributed by atoms with Crippen molar-refractivity contribution in [1.82, 2.24) is 10.3 Å². The average Bonchev–Trinajstić information content (AvgIpc) is 2.56. The number of rotatable bonds is 6. The summed E-state index contributed by atoms with van der Waals surface area (Å²) < 4.78 is 4.62. The quantitative estimate of drug-likeness (QED) is 0.791. The van der Waals surface area contributed by atoms with Crippen molar-refractivity contribution in [2.45, 2.75) is 12.6 Å². The van der Waals surface area contributed by atoms with Gasteiger partial charge in [0.15, 0.2) is 0 Å². The highest BCUT2D eigenvalue weighted by Gasteiger charge is 2.10. The second-order valence-electron chi connectivity index (χ2n) is 4.56. The Morgan fingerprint density at radius 1 is 1.29 bits per heavy atom. The normalized spacial score (nSPS) is 11.9. The first-order chi connectivity index (χ1) is 10.2. The molecule has 0 aliphatic rings. The zero-order chi connectivity index (χ0) is 15.1. The van der Waals surface area contributed by atoms with Crippen LogP contribution in [0.1, 0.15) is 27.7 Å². The van der Waals surface area contributed by atoms with Crippen molar-refractivity contribution >= 4 is 5.97 Å². The number of methoxy groups -OCH3 is 1. The molecule has 5 heteroatoms. The first kappa shape index (κ1) is 15.2. The molecule has 0 fully saturated rings. The Balaban J connectivity index is 1.97. The molecule has 2 aromatic rings. The fourth-order valence-corrected chi connectivity index (χ4v) is 1.97. The molecule has 1 heterocycles. The highest BCUT2D eigenvalue weighted by atomic mass is 16.5. The van der Waals surface area contributed by atoms with Crippen molar-refractivity contribution < 1.29 is 14.6 Å². The third-order valence-corrected chi connectivity index (χ3v) is 3.16. The molecule has 5 nitrogen and oxygen atoms in total. The number of aliphatic hydroxyl groups excluding tert-OH is 1. The summed E-state index contributed by atoms with van der Waals surface area (Å²) in [6, 6.07) is 13.0. The van der Waals surface area contributed by atoms with Gasteiger partial charge in [0.1, 0.15) is 0 Å². The second-order valence-corrected chi connectivity index (χ2v) is 4.56. The van der Waals surface area contributed by atoms with Crippen molar-refractivity contribution in [3.63, 3.8) is 0 Å². The monoisotopic (exact) mass is 286 g/mol. The Labute approximate surface area is 123 Å². The molecule has 1 aromatic heterocycles. The third kappa shape index (κ3) is 4.11. The molecule has 0 spiro atoms. The highest BCUT2D eigenvalue weighted by Crippen LogP contribution is 2.12. The minimum Gasteiger partial charge on any atom is -0.465 e. The Kier molecular flexibility index (Phi) is 5.43. The van der Waals surface area contributed by atoms with Gasteiger partial charge >= 0.3 is 5.97 Å². The molecule has 0 radical (unpaired) electrons. The summed E-state index contributed by atoms with van der Waals surface area (Å²) in [5, 5.41) is 12.7. The lowest BCUT2D eigenvalue weighted by atomic mass is 10.1. The smallest absolute Gasteiger partial charge is 0.339 e. The summed E-state index contributed by atoms with van der Waals surface area (Å²) in [6.45, 7) is 0.506. The van der Waals surface area contributed by atoms with E-state index in [-0.39, 0.29) is 12.6 Å². The molecular formula is C16H18N2O3. The molecule has 0 bridgehead atoms. The van der Waals surface area contributed by atoms with Crippen LogP contribution in [0.2, 0.25) is 0 Å². The van der Waals surface area contributed by atoms with Crippen molar-refractivity contribution in [2.75, 3.05) is 13.7 Å². The molecule has 2 N–H and O–H groups in total. The molecule has 0 amide bonds. The predicted molar refractivity (Wildman–Crippen MR) is 78.7 cm³/mol. The number of nitrogens with one attached hydrogen (secondary N) is 1. The van der Waals surface area contributed by atoms with Crippen molar-refractivity contribution in [1.29, 1.82) is 0 Å². The number of carbonyl (C=O) groups excluding carboxylic acids is 1. The number of aliphatic hydroxyl groups is 1. The molecule has 2 rings (SSSR count). The molecule has 21 heavy (non-hydrogen) atoms. The number of benzene rings is 1. The summed E-state index contributed by atoms with van der Waals surface area (Å²) in [7, 11) is 1.34. The van der Waals surface area contributed by atoms with Gasteiger partial charge in [0.25, 0.3) is 0 Å². The van der Waals surface area contributed by atoms with Gasteiger partial charge in [-0.3, -0.25) is 4.98 Å². The van der Waals surface area contributed by atoms with Crippen LogP contribution in [0.5, 0.6) is 0 Å². The Morgan fingerprint density at radius 3 is 2.62 bits per heavy atom. The van der Waals surface area contributed by atoms with Crippen LogP contribution in [0, 0.1) is 0 Å². The Hall–Kier alpha value is -2.24. The topological polar surface area (TPSA) is 71.5 Å². The van der Waals surface area contributed by atoms with Crippen molar-refractivity contribution in [2.24, 2.45) is 0 Å². The molecule has 0 aliphatic heterocycles. The first-order valence-corrected chi connectivity index (χ1v) is 6.67. The fourth-order valence-electron chi connectivity index (χ4n) is 1.97. The van der Waals surface area contributed by atoms with Crippen molar-refractivity contribution in [3.05, 3.63) is 65.5 Å². The number of aromatic nitrogens is 1. The minimum atomic E-state index is -0.403. The summed E-state index contributed by atoms with van der Waals surface area (Å²) in [5.41, 5.74) is 2.23. The van der Waals surface area contributed by atoms with Crippen LogP contribution in [-0.2, 0) is 11.3 Å².